The molecule has 2 atom stereocenters. The summed E-state index contributed by atoms with van der Waals surface area (Å²) in [5, 5.41) is 3.55. The number of para-hydroxylation sites is 1. The van der Waals surface area contributed by atoms with E-state index in [0.29, 0.717) is 12.0 Å². The molecule has 0 bridgehead atoms. The molecule has 1 N–H and O–H groups in total. The van der Waals surface area contributed by atoms with Gasteiger partial charge in [0, 0.05) is 25.8 Å². The molecular weight excluding hydrogens is 248 g/mol. The van der Waals surface area contributed by atoms with Crippen LogP contribution in [0.25, 0.3) is 0 Å². The summed E-state index contributed by atoms with van der Waals surface area (Å²) >= 11 is 0. The highest BCUT2D eigenvalue weighted by Gasteiger charge is 2.16. The third-order valence-electron chi connectivity index (χ3n) is 3.80. The third kappa shape index (κ3) is 4.55. The monoisotopic (exact) mass is 276 g/mol. The van der Waals surface area contributed by atoms with E-state index in [1.54, 1.807) is 19.0 Å². The van der Waals surface area contributed by atoms with E-state index >= 15 is 0 Å². The van der Waals surface area contributed by atoms with Gasteiger partial charge in [0.25, 0.3) is 5.91 Å². The zero-order valence-electron chi connectivity index (χ0n) is 13.4. The van der Waals surface area contributed by atoms with Crippen molar-refractivity contribution in [2.24, 2.45) is 5.92 Å². The molecule has 3 nitrogen and oxygen atoms in total. The Kier molecular flexibility index (Phi) is 6.56. The van der Waals surface area contributed by atoms with Crippen LogP contribution in [0, 0.1) is 5.92 Å². The standard InChI is InChI=1S/C17H28N2O/c1-6-13(3)12-14(7-2)18-16-11-9-8-10-15(16)17(20)19(4)5/h8-11,13-14,18H,6-7,12H2,1-5H3. The summed E-state index contributed by atoms with van der Waals surface area (Å²) < 4.78 is 0. The van der Waals surface area contributed by atoms with Crippen molar-refractivity contribution < 1.29 is 4.79 Å². The molecule has 0 fully saturated rings. The highest BCUT2D eigenvalue weighted by molar-refractivity contribution is 5.99. The molecular formula is C17H28N2O. The molecule has 0 aliphatic carbocycles. The number of nitrogens with one attached hydrogen (secondary N) is 1. The maximum absolute atomic E-state index is 12.2. The molecule has 1 aromatic carbocycles. The van der Waals surface area contributed by atoms with E-state index in [0.717, 1.165) is 24.1 Å². The van der Waals surface area contributed by atoms with Crippen molar-refractivity contribution in [3.05, 3.63) is 29.8 Å². The topological polar surface area (TPSA) is 32.3 Å². The molecule has 2 unspecified atom stereocenters. The summed E-state index contributed by atoms with van der Waals surface area (Å²) in [4.78, 5) is 13.8. The van der Waals surface area contributed by atoms with Crippen molar-refractivity contribution >= 4 is 11.6 Å². The van der Waals surface area contributed by atoms with Crippen molar-refractivity contribution in [2.45, 2.75) is 46.1 Å². The lowest BCUT2D eigenvalue weighted by Gasteiger charge is -2.23. The van der Waals surface area contributed by atoms with Crippen molar-refractivity contribution in [1.82, 2.24) is 4.90 Å². The first-order valence-corrected chi connectivity index (χ1v) is 7.56. The van der Waals surface area contributed by atoms with Crippen LogP contribution in [0.5, 0.6) is 0 Å². The van der Waals surface area contributed by atoms with Gasteiger partial charge >= 0.3 is 0 Å². The van der Waals surface area contributed by atoms with Crippen LogP contribution in [-0.4, -0.2) is 30.9 Å². The average Bonchev–Trinajstić information content (AvgIpc) is 2.45. The second-order valence-corrected chi connectivity index (χ2v) is 5.74. The van der Waals surface area contributed by atoms with E-state index in [2.05, 4.69) is 26.1 Å². The van der Waals surface area contributed by atoms with Gasteiger partial charge in [0.05, 0.1) is 5.56 Å². The van der Waals surface area contributed by atoms with E-state index in [1.165, 1.54) is 6.42 Å². The predicted molar refractivity (Wildman–Crippen MR) is 86.2 cm³/mol. The van der Waals surface area contributed by atoms with Crippen molar-refractivity contribution in [1.29, 1.82) is 0 Å². The first-order chi connectivity index (χ1) is 9.49. The normalized spacial score (nSPS) is 13.7. The minimum atomic E-state index is 0.0477. The largest absolute Gasteiger partial charge is 0.382 e. The molecule has 0 aliphatic heterocycles. The Morgan fingerprint density at radius 1 is 1.20 bits per heavy atom. The van der Waals surface area contributed by atoms with Crippen LogP contribution in [-0.2, 0) is 0 Å². The summed E-state index contributed by atoms with van der Waals surface area (Å²) in [5.41, 5.74) is 1.70. The number of nitrogens with zero attached hydrogens (tertiary/aromatic N) is 1. The molecule has 0 saturated carbocycles. The van der Waals surface area contributed by atoms with E-state index in [-0.39, 0.29) is 5.91 Å². The Hall–Kier alpha value is -1.51. The molecule has 3 heteroatoms. The van der Waals surface area contributed by atoms with Gasteiger partial charge < -0.3 is 10.2 Å². The summed E-state index contributed by atoms with van der Waals surface area (Å²) in [6.07, 6.45) is 3.39. The quantitative estimate of drug-likeness (QED) is 0.816. The van der Waals surface area contributed by atoms with Crippen LogP contribution in [0.2, 0.25) is 0 Å². The average molecular weight is 276 g/mol. The number of benzene rings is 1. The van der Waals surface area contributed by atoms with Gasteiger partial charge in [-0.05, 0) is 30.9 Å². The number of hydrogen-bond acceptors (Lipinski definition) is 2. The predicted octanol–water partition coefficient (Wildman–Crippen LogP) is 4.02. The van der Waals surface area contributed by atoms with Gasteiger partial charge in [-0.15, -0.1) is 0 Å². The smallest absolute Gasteiger partial charge is 0.255 e. The van der Waals surface area contributed by atoms with E-state index in [4.69, 9.17) is 0 Å². The Bertz CT molecular complexity index is 429. The molecule has 0 radical (unpaired) electrons. The molecule has 0 saturated heterocycles. The second kappa shape index (κ2) is 7.93. The summed E-state index contributed by atoms with van der Waals surface area (Å²) in [7, 11) is 3.57. The SMILES string of the molecule is CCC(C)CC(CC)Nc1ccccc1C(=O)N(C)C. The molecule has 1 aromatic rings. The number of rotatable bonds is 7. The number of amides is 1. The van der Waals surface area contributed by atoms with Crippen molar-refractivity contribution in [3.63, 3.8) is 0 Å². The van der Waals surface area contributed by atoms with Crippen LogP contribution in [0.4, 0.5) is 5.69 Å². The van der Waals surface area contributed by atoms with Crippen LogP contribution in [0.1, 0.15) is 50.4 Å². The molecule has 0 heterocycles. The Morgan fingerprint density at radius 3 is 2.40 bits per heavy atom. The molecule has 1 rings (SSSR count). The summed E-state index contributed by atoms with van der Waals surface area (Å²) in [6, 6.07) is 8.19. The lowest BCUT2D eigenvalue weighted by atomic mass is 9.97. The highest BCUT2D eigenvalue weighted by Crippen LogP contribution is 2.21. The number of anilines is 1. The molecule has 20 heavy (non-hydrogen) atoms. The lowest BCUT2D eigenvalue weighted by Crippen LogP contribution is -2.26. The fourth-order valence-corrected chi connectivity index (χ4v) is 2.24. The van der Waals surface area contributed by atoms with Gasteiger partial charge in [-0.3, -0.25) is 4.79 Å². The van der Waals surface area contributed by atoms with E-state index < -0.39 is 0 Å². The molecule has 112 valence electrons. The fraction of sp³-hybridized carbons (Fsp3) is 0.588. The molecule has 0 aliphatic rings. The van der Waals surface area contributed by atoms with Crippen LogP contribution >= 0.6 is 0 Å². The number of hydrogen-bond donors (Lipinski definition) is 1. The molecule has 1 amide bonds. The summed E-state index contributed by atoms with van der Waals surface area (Å²) in [6.45, 7) is 6.69. The minimum absolute atomic E-state index is 0.0477. The second-order valence-electron chi connectivity index (χ2n) is 5.74. The van der Waals surface area contributed by atoms with Gasteiger partial charge in [-0.2, -0.15) is 0 Å². The first kappa shape index (κ1) is 16.5. The van der Waals surface area contributed by atoms with Crippen molar-refractivity contribution in [2.75, 3.05) is 19.4 Å². The number of carbonyl (C=O) groups excluding carboxylic acids is 1. The van der Waals surface area contributed by atoms with Gasteiger partial charge in [0.15, 0.2) is 0 Å². The van der Waals surface area contributed by atoms with E-state index in [1.807, 2.05) is 24.3 Å². The van der Waals surface area contributed by atoms with Gasteiger partial charge in [0.2, 0.25) is 0 Å². The van der Waals surface area contributed by atoms with E-state index in [9.17, 15) is 4.79 Å². The van der Waals surface area contributed by atoms with Crippen LogP contribution in [0.3, 0.4) is 0 Å². The first-order valence-electron chi connectivity index (χ1n) is 7.56. The van der Waals surface area contributed by atoms with Gasteiger partial charge in [0.1, 0.15) is 0 Å². The Labute approximate surface area is 123 Å². The highest BCUT2D eigenvalue weighted by atomic mass is 16.2. The molecule has 0 spiro atoms. The van der Waals surface area contributed by atoms with Crippen LogP contribution < -0.4 is 5.32 Å². The number of carbonyl (C=O) groups is 1. The zero-order chi connectivity index (χ0) is 15.1. The fourth-order valence-electron chi connectivity index (χ4n) is 2.24. The molecule has 0 aromatic heterocycles. The maximum Gasteiger partial charge on any atom is 0.255 e. The van der Waals surface area contributed by atoms with Crippen LogP contribution in [0.15, 0.2) is 24.3 Å². The lowest BCUT2D eigenvalue weighted by molar-refractivity contribution is 0.0828. The van der Waals surface area contributed by atoms with Gasteiger partial charge in [-0.25, -0.2) is 0 Å². The summed E-state index contributed by atoms with van der Waals surface area (Å²) in [5.74, 6) is 0.746. The van der Waals surface area contributed by atoms with Gasteiger partial charge in [-0.1, -0.05) is 39.3 Å². The minimum Gasteiger partial charge on any atom is -0.382 e. The Balaban J connectivity index is 2.88. The zero-order valence-corrected chi connectivity index (χ0v) is 13.4. The van der Waals surface area contributed by atoms with Crippen molar-refractivity contribution in [3.8, 4) is 0 Å². The Morgan fingerprint density at radius 2 is 1.85 bits per heavy atom. The maximum atomic E-state index is 12.2. The third-order valence-corrected chi connectivity index (χ3v) is 3.80.